The number of hydrogen-bond acceptors (Lipinski definition) is 14. The molecule has 51 heavy (non-hydrogen) atoms. The summed E-state index contributed by atoms with van der Waals surface area (Å²) in [6.07, 6.45) is -3.65. The van der Waals surface area contributed by atoms with Crippen molar-refractivity contribution in [2.75, 3.05) is 0 Å². The van der Waals surface area contributed by atoms with Crippen molar-refractivity contribution in [3.8, 4) is 34.4 Å². The molecule has 2 aromatic rings. The lowest BCUT2D eigenvalue weighted by Gasteiger charge is -2.10. The summed E-state index contributed by atoms with van der Waals surface area (Å²) < 4.78 is 44.1. The fraction of sp³-hybridized carbons (Fsp3) is 0. The lowest BCUT2D eigenvalue weighted by molar-refractivity contribution is -0.0732. The molecule has 2 aliphatic heterocycles. The van der Waals surface area contributed by atoms with Crippen molar-refractivity contribution in [3.05, 3.63) is 92.2 Å². The molecule has 2 aromatic carbocycles. The van der Waals surface area contributed by atoms with Crippen molar-refractivity contribution in [1.82, 2.24) is 9.97 Å². The van der Waals surface area contributed by atoms with E-state index in [1.54, 1.807) is 0 Å². The molecule has 6 rings (SSSR count). The molecule has 268 valence electrons. The maximum absolute atomic E-state index is 11.7. The number of aromatic carboxylic acids is 2. The number of carbonyl (C=O) groups is 2. The van der Waals surface area contributed by atoms with Crippen LogP contribution in [0.4, 0.5) is 0 Å². The summed E-state index contributed by atoms with van der Waals surface area (Å²) in [5.41, 5.74) is -0.810. The van der Waals surface area contributed by atoms with Crippen molar-refractivity contribution in [1.29, 1.82) is 0 Å². The Kier molecular flexibility index (Phi) is 12.7. The van der Waals surface area contributed by atoms with E-state index in [4.69, 9.17) is 73.8 Å². The molecular formula is C26H15Cl4N2O16P3. The third-order valence-electron chi connectivity index (χ3n) is 5.81. The van der Waals surface area contributed by atoms with Crippen LogP contribution in [0, 0.1) is 0 Å². The Morgan fingerprint density at radius 1 is 0.804 bits per heavy atom. The minimum atomic E-state index is -4.75. The van der Waals surface area contributed by atoms with Crippen LogP contribution in [-0.2, 0) is 18.5 Å². The highest BCUT2D eigenvalue weighted by Crippen LogP contribution is 2.62. The Morgan fingerprint density at radius 2 is 1.43 bits per heavy atom. The number of aromatic nitrogens is 2. The van der Waals surface area contributed by atoms with E-state index >= 15 is 0 Å². The summed E-state index contributed by atoms with van der Waals surface area (Å²) in [5.74, 6) is -3.45. The van der Waals surface area contributed by atoms with Gasteiger partial charge in [0.05, 0.1) is 0 Å². The molecule has 2 aliphatic carbocycles. The first-order chi connectivity index (χ1) is 23.7. The van der Waals surface area contributed by atoms with E-state index in [2.05, 4.69) is 23.8 Å². The van der Waals surface area contributed by atoms with Crippen LogP contribution in [0.3, 0.4) is 0 Å². The van der Waals surface area contributed by atoms with E-state index in [1.165, 1.54) is 48.5 Å². The Balaban J connectivity index is 0.000000188. The van der Waals surface area contributed by atoms with Crippen molar-refractivity contribution >= 4 is 99.9 Å². The number of fused-ring (bicyclic) bond motifs is 4. The number of phenols is 1. The number of phosphoric ester groups is 1. The van der Waals surface area contributed by atoms with E-state index in [0.29, 0.717) is 16.7 Å². The quantitative estimate of drug-likeness (QED) is 0.0453. The average Bonchev–Trinajstić information content (AvgIpc) is 3.01. The smallest absolute Gasteiger partial charge is 0.507 e. The minimum absolute atomic E-state index is 0.0107. The van der Waals surface area contributed by atoms with E-state index in [9.17, 15) is 33.4 Å². The molecule has 18 nitrogen and oxygen atoms in total. The molecule has 0 aromatic heterocycles. The summed E-state index contributed by atoms with van der Waals surface area (Å²) in [6.45, 7) is -1.78. The number of phosphoric acid groups is 1. The predicted molar refractivity (Wildman–Crippen MR) is 182 cm³/mol. The number of aromatic hydroxyl groups is 1. The molecule has 2 heterocycles. The van der Waals surface area contributed by atoms with Gasteiger partial charge in [0.2, 0.25) is 0 Å². The number of carboxylic acid groups (broad SMARTS) is 2. The van der Waals surface area contributed by atoms with Gasteiger partial charge in [-0.2, -0.15) is 4.67 Å². The molecule has 0 atom stereocenters. The van der Waals surface area contributed by atoms with Gasteiger partial charge < -0.3 is 28.7 Å². The maximum atomic E-state index is 11.7. The second kappa shape index (κ2) is 16.2. The highest BCUT2D eigenvalue weighted by atomic mass is 35.9. The second-order valence-corrected chi connectivity index (χ2v) is 17.5. The fourth-order valence-corrected chi connectivity index (χ4v) is 5.79. The SMILES string of the molecule is O=C(O)c1c(O)ccc2nc3ccc(=O)cc-3oc12.O=C(O)c1c2oc3cc(OP(=O)(O)O)ccc3nc-2ccc1=O.O=P(Cl)(Cl)OOP(Cl)Cl. The average molecular weight is 846 g/mol. The van der Waals surface area contributed by atoms with Gasteiger partial charge in [0.1, 0.15) is 39.5 Å². The van der Waals surface area contributed by atoms with E-state index in [0.717, 1.165) is 12.1 Å². The Hall–Kier alpha value is -3.89. The third kappa shape index (κ3) is 10.8. The van der Waals surface area contributed by atoms with Gasteiger partial charge in [0.25, 0.3) is 6.85 Å². The first-order valence-corrected chi connectivity index (χ1v) is 20.9. The van der Waals surface area contributed by atoms with Crippen molar-refractivity contribution in [2.24, 2.45) is 0 Å². The van der Waals surface area contributed by atoms with Gasteiger partial charge in [-0.05, 0) is 93.5 Å². The third-order valence-corrected chi connectivity index (χ3v) is 7.49. The first-order valence-electron chi connectivity index (χ1n) is 12.9. The van der Waals surface area contributed by atoms with Gasteiger partial charge in [-0.25, -0.2) is 24.1 Å². The Bertz CT molecular complexity index is 2430. The zero-order valence-corrected chi connectivity index (χ0v) is 30.0. The number of benzene rings is 4. The summed E-state index contributed by atoms with van der Waals surface area (Å²) >= 11 is 19.7. The van der Waals surface area contributed by atoms with Crippen LogP contribution in [-0.4, -0.2) is 47.0 Å². The first kappa shape index (κ1) is 39.9. The largest absolute Gasteiger partial charge is 0.524 e. The Morgan fingerprint density at radius 3 is 2.02 bits per heavy atom. The minimum Gasteiger partial charge on any atom is -0.507 e. The van der Waals surface area contributed by atoms with Crippen LogP contribution in [0.15, 0.2) is 79.1 Å². The zero-order valence-electron chi connectivity index (χ0n) is 24.2. The summed E-state index contributed by atoms with van der Waals surface area (Å²) in [5, 5.41) is 27.8. The highest BCUT2D eigenvalue weighted by molar-refractivity contribution is 8.05. The molecule has 5 N–H and O–H groups in total. The highest BCUT2D eigenvalue weighted by Gasteiger charge is 2.24. The van der Waals surface area contributed by atoms with E-state index in [1.807, 2.05) is 0 Å². The van der Waals surface area contributed by atoms with E-state index in [-0.39, 0.29) is 45.1 Å². The molecule has 0 radical (unpaired) electrons. The van der Waals surface area contributed by atoms with Crippen LogP contribution in [0.5, 0.6) is 11.5 Å². The molecule has 0 fully saturated rings. The van der Waals surface area contributed by atoms with Crippen LogP contribution in [0.25, 0.3) is 45.1 Å². The number of hydrogen-bond donors (Lipinski definition) is 5. The Labute approximate surface area is 301 Å². The number of nitrogens with zero attached hydrogens (tertiary/aromatic N) is 2. The van der Waals surface area contributed by atoms with Gasteiger partial charge in [0, 0.05) is 12.1 Å². The monoisotopic (exact) mass is 844 g/mol. The normalized spacial score (nSPS) is 11.6. The van der Waals surface area contributed by atoms with Gasteiger partial charge >= 0.3 is 25.8 Å². The lowest BCUT2D eigenvalue weighted by Crippen LogP contribution is -2.16. The maximum Gasteiger partial charge on any atom is 0.524 e. The fourth-order valence-electron chi connectivity index (χ4n) is 3.98. The summed E-state index contributed by atoms with van der Waals surface area (Å²) in [6, 6.07) is 12.9. The number of halogens is 4. The van der Waals surface area contributed by atoms with Crippen LogP contribution in [0.2, 0.25) is 0 Å². The summed E-state index contributed by atoms with van der Waals surface area (Å²) in [4.78, 5) is 71.2. The number of rotatable bonds is 7. The second-order valence-electron chi connectivity index (χ2n) is 9.24. The molecule has 0 saturated carbocycles. The van der Waals surface area contributed by atoms with Gasteiger partial charge in [-0.1, -0.05) is 0 Å². The van der Waals surface area contributed by atoms with Gasteiger partial charge in [0.15, 0.2) is 39.1 Å². The van der Waals surface area contributed by atoms with Gasteiger partial charge in [-0.15, -0.1) is 4.67 Å². The molecule has 0 saturated heterocycles. The molecule has 4 aliphatic rings. The van der Waals surface area contributed by atoms with Crippen LogP contribution < -0.4 is 15.4 Å². The van der Waals surface area contributed by atoms with Crippen LogP contribution in [0.1, 0.15) is 20.7 Å². The standard InChI is InChI=1S/C13H8NO8P.C13H7NO5.Cl4O3P2/c15-9-4-3-8-12(11(9)13(16)17)21-10-5-6(22-23(18,19)20)1-2-7(10)14-8;15-6-1-2-7-10(5-6)19-12-8(14-7)3-4-9(16)11(12)13(17)18;1-8(2)6-7-9(3,4)5/h1-5H,(H,16,17)(H2,18,19,20);1-5,16H,(H,17,18);. The number of carboxylic acids is 2. The summed E-state index contributed by atoms with van der Waals surface area (Å²) in [7, 11) is -4.75. The lowest BCUT2D eigenvalue weighted by atomic mass is 10.1. The van der Waals surface area contributed by atoms with Crippen molar-refractivity contribution in [2.45, 2.75) is 0 Å². The van der Waals surface area contributed by atoms with Crippen LogP contribution >= 0.6 is 65.7 Å². The molecule has 0 spiro atoms. The molecule has 25 heteroatoms. The molecule has 0 amide bonds. The van der Waals surface area contributed by atoms with Crippen molar-refractivity contribution in [3.63, 3.8) is 0 Å². The predicted octanol–water partition coefficient (Wildman–Crippen LogP) is 7.38. The molecular weight excluding hydrogens is 831 g/mol. The zero-order chi connectivity index (χ0) is 37.8. The topological polar surface area (TPSA) is 283 Å². The van der Waals surface area contributed by atoms with Gasteiger partial charge in [-0.3, -0.25) is 23.9 Å². The molecule has 0 unspecified atom stereocenters. The van der Waals surface area contributed by atoms with E-state index < -0.39 is 49.4 Å². The van der Waals surface area contributed by atoms with Crippen molar-refractivity contribution < 1.29 is 66.5 Å². The molecule has 0 bridgehead atoms.